The fourth-order valence-corrected chi connectivity index (χ4v) is 2.03. The zero-order chi connectivity index (χ0) is 16.3. The van der Waals surface area contributed by atoms with Crippen LogP contribution in [-0.2, 0) is 6.18 Å². The molecule has 0 aromatic heterocycles. The lowest BCUT2D eigenvalue weighted by Gasteiger charge is -2.23. The van der Waals surface area contributed by atoms with Crippen molar-refractivity contribution < 1.29 is 22.4 Å². The summed E-state index contributed by atoms with van der Waals surface area (Å²) in [6, 6.07) is 2.28. The van der Waals surface area contributed by atoms with Crippen LogP contribution in [-0.4, -0.2) is 12.3 Å². The van der Waals surface area contributed by atoms with Gasteiger partial charge in [-0.1, -0.05) is 19.9 Å². The van der Waals surface area contributed by atoms with Crippen molar-refractivity contribution in [2.24, 2.45) is 11.1 Å². The molecule has 0 radical (unpaired) electrons. The van der Waals surface area contributed by atoms with Crippen LogP contribution < -0.4 is 5.73 Å². The molecule has 0 saturated heterocycles. The van der Waals surface area contributed by atoms with Gasteiger partial charge < -0.3 is 5.73 Å². The van der Waals surface area contributed by atoms with Gasteiger partial charge in [0.2, 0.25) is 0 Å². The number of alkyl halides is 3. The first-order valence-electron chi connectivity index (χ1n) is 6.67. The molecule has 0 unspecified atom stereocenters. The van der Waals surface area contributed by atoms with Crippen molar-refractivity contribution in [1.82, 2.24) is 0 Å². The van der Waals surface area contributed by atoms with Gasteiger partial charge in [-0.05, 0) is 36.9 Å². The summed E-state index contributed by atoms with van der Waals surface area (Å²) >= 11 is 0. The number of rotatable bonds is 6. The molecule has 21 heavy (non-hydrogen) atoms. The fourth-order valence-electron chi connectivity index (χ4n) is 2.03. The third-order valence-electron chi connectivity index (χ3n) is 3.45. The average Bonchev–Trinajstić information content (AvgIpc) is 2.34. The molecular weight excluding hydrogens is 286 g/mol. The van der Waals surface area contributed by atoms with Gasteiger partial charge in [0.15, 0.2) is 5.78 Å². The van der Waals surface area contributed by atoms with Gasteiger partial charge in [0, 0.05) is 12.0 Å². The number of halogens is 4. The second-order valence-electron chi connectivity index (χ2n) is 5.82. The van der Waals surface area contributed by atoms with E-state index in [0.29, 0.717) is 25.1 Å². The first kappa shape index (κ1) is 17.6. The number of benzene rings is 1. The molecule has 0 saturated carbocycles. The monoisotopic (exact) mass is 305 g/mol. The lowest BCUT2D eigenvalue weighted by Crippen LogP contribution is -2.18. The molecule has 1 aromatic carbocycles. The zero-order valence-corrected chi connectivity index (χ0v) is 12.1. The van der Waals surface area contributed by atoms with Crippen molar-refractivity contribution in [1.29, 1.82) is 0 Å². The van der Waals surface area contributed by atoms with Gasteiger partial charge in [-0.25, -0.2) is 4.39 Å². The Balaban J connectivity index is 2.79. The van der Waals surface area contributed by atoms with E-state index in [1.165, 1.54) is 0 Å². The number of hydrogen-bond acceptors (Lipinski definition) is 2. The SMILES string of the molecule is CC(C)(CCN)CCC(=O)c1ccc(C(F)(F)F)c(F)c1. The predicted octanol–water partition coefficient (Wildman–Crippen LogP) is 4.18. The second-order valence-corrected chi connectivity index (χ2v) is 5.82. The summed E-state index contributed by atoms with van der Waals surface area (Å²) < 4.78 is 50.7. The number of ketones is 1. The highest BCUT2D eigenvalue weighted by Crippen LogP contribution is 2.32. The minimum Gasteiger partial charge on any atom is -0.330 e. The van der Waals surface area contributed by atoms with E-state index in [-0.39, 0.29) is 23.2 Å². The predicted molar refractivity (Wildman–Crippen MR) is 72.4 cm³/mol. The van der Waals surface area contributed by atoms with Gasteiger partial charge in [0.05, 0.1) is 5.56 Å². The molecule has 6 heteroatoms. The molecule has 118 valence electrons. The van der Waals surface area contributed by atoms with E-state index >= 15 is 0 Å². The third kappa shape index (κ3) is 5.12. The molecule has 1 rings (SSSR count). The molecule has 0 amide bonds. The molecule has 2 N–H and O–H groups in total. The summed E-state index contributed by atoms with van der Waals surface area (Å²) in [5.41, 5.74) is 3.94. The minimum atomic E-state index is -4.76. The Kier molecular flexibility index (Phi) is 5.50. The maximum atomic E-state index is 13.4. The Hall–Kier alpha value is -1.43. The summed E-state index contributed by atoms with van der Waals surface area (Å²) in [4.78, 5) is 11.9. The fraction of sp³-hybridized carbons (Fsp3) is 0.533. The lowest BCUT2D eigenvalue weighted by atomic mass is 9.83. The first-order chi connectivity index (χ1) is 9.57. The van der Waals surface area contributed by atoms with Crippen LogP contribution in [0.1, 0.15) is 49.0 Å². The number of Topliss-reactive ketones (excluding diaryl/α,β-unsaturated/α-hetero) is 1. The summed E-state index contributed by atoms with van der Waals surface area (Å²) in [7, 11) is 0. The van der Waals surface area contributed by atoms with Crippen LogP contribution in [0.5, 0.6) is 0 Å². The molecule has 0 heterocycles. The Bertz CT molecular complexity index is 509. The highest BCUT2D eigenvalue weighted by Gasteiger charge is 2.34. The molecule has 2 nitrogen and oxygen atoms in total. The summed E-state index contributed by atoms with van der Waals surface area (Å²) in [6.45, 7) is 4.41. The van der Waals surface area contributed by atoms with Gasteiger partial charge in [0.1, 0.15) is 5.82 Å². The second kappa shape index (κ2) is 6.56. The van der Waals surface area contributed by atoms with Crippen molar-refractivity contribution in [2.75, 3.05) is 6.54 Å². The maximum absolute atomic E-state index is 13.4. The van der Waals surface area contributed by atoms with E-state index in [9.17, 15) is 22.4 Å². The largest absolute Gasteiger partial charge is 0.419 e. The molecule has 0 bridgehead atoms. The van der Waals surface area contributed by atoms with Crippen molar-refractivity contribution in [3.8, 4) is 0 Å². The van der Waals surface area contributed by atoms with Crippen LogP contribution in [0, 0.1) is 11.2 Å². The highest BCUT2D eigenvalue weighted by atomic mass is 19.4. The maximum Gasteiger partial charge on any atom is 0.419 e. The van der Waals surface area contributed by atoms with Gasteiger partial charge in [-0.3, -0.25) is 4.79 Å². The van der Waals surface area contributed by atoms with Gasteiger partial charge in [0.25, 0.3) is 0 Å². The van der Waals surface area contributed by atoms with Crippen molar-refractivity contribution in [3.05, 3.63) is 35.1 Å². The Morgan fingerprint density at radius 3 is 2.29 bits per heavy atom. The van der Waals surface area contributed by atoms with Crippen LogP contribution in [0.2, 0.25) is 0 Å². The van der Waals surface area contributed by atoms with Crippen molar-refractivity contribution >= 4 is 5.78 Å². The molecule has 0 spiro atoms. The smallest absolute Gasteiger partial charge is 0.330 e. The van der Waals surface area contributed by atoms with E-state index in [1.54, 1.807) is 0 Å². The first-order valence-corrected chi connectivity index (χ1v) is 6.67. The van der Waals surface area contributed by atoms with E-state index in [0.717, 1.165) is 12.5 Å². The molecular formula is C15H19F4NO. The standard InChI is InChI=1S/C15H19F4NO/c1-14(2,7-8-20)6-5-13(21)10-3-4-11(12(16)9-10)15(17,18)19/h3-4,9H,5-8,20H2,1-2H3. The number of carbonyl (C=O) groups is 1. The molecule has 0 fully saturated rings. The topological polar surface area (TPSA) is 43.1 Å². The molecule has 0 aliphatic heterocycles. The number of hydrogen-bond donors (Lipinski definition) is 1. The van der Waals surface area contributed by atoms with Gasteiger partial charge in [-0.2, -0.15) is 13.2 Å². The molecule has 0 atom stereocenters. The Morgan fingerprint density at radius 2 is 1.81 bits per heavy atom. The van der Waals surface area contributed by atoms with Crippen LogP contribution in [0.3, 0.4) is 0 Å². The summed E-state index contributed by atoms with van der Waals surface area (Å²) in [5, 5.41) is 0. The van der Waals surface area contributed by atoms with Crippen molar-refractivity contribution in [2.45, 2.75) is 39.3 Å². The highest BCUT2D eigenvalue weighted by molar-refractivity contribution is 5.96. The minimum absolute atomic E-state index is 0.0379. The number of nitrogens with two attached hydrogens (primary N) is 1. The van der Waals surface area contributed by atoms with Crippen LogP contribution in [0.25, 0.3) is 0 Å². The van der Waals surface area contributed by atoms with E-state index in [2.05, 4.69) is 0 Å². The van der Waals surface area contributed by atoms with Crippen LogP contribution in [0.15, 0.2) is 18.2 Å². The van der Waals surface area contributed by atoms with E-state index in [4.69, 9.17) is 5.73 Å². The van der Waals surface area contributed by atoms with Crippen molar-refractivity contribution in [3.63, 3.8) is 0 Å². The van der Waals surface area contributed by atoms with E-state index < -0.39 is 17.6 Å². The van der Waals surface area contributed by atoms with Crippen LogP contribution in [0.4, 0.5) is 17.6 Å². The van der Waals surface area contributed by atoms with Crippen LogP contribution >= 0.6 is 0 Å². The average molecular weight is 305 g/mol. The molecule has 0 aliphatic rings. The zero-order valence-electron chi connectivity index (χ0n) is 12.1. The van der Waals surface area contributed by atoms with E-state index in [1.807, 2.05) is 13.8 Å². The lowest BCUT2D eigenvalue weighted by molar-refractivity contribution is -0.140. The molecule has 0 aliphatic carbocycles. The normalized spacial score (nSPS) is 12.5. The van der Waals surface area contributed by atoms with Gasteiger partial charge in [-0.15, -0.1) is 0 Å². The Labute approximate surface area is 121 Å². The summed E-state index contributed by atoms with van der Waals surface area (Å²) in [5.74, 6) is -1.79. The molecule has 1 aromatic rings. The number of carbonyl (C=O) groups excluding carboxylic acids is 1. The Morgan fingerprint density at radius 1 is 1.19 bits per heavy atom. The third-order valence-corrected chi connectivity index (χ3v) is 3.45. The quantitative estimate of drug-likeness (QED) is 0.633. The van der Waals surface area contributed by atoms with Gasteiger partial charge >= 0.3 is 6.18 Å². The summed E-state index contributed by atoms with van der Waals surface area (Å²) in [6.07, 6.45) is -3.32.